The van der Waals surface area contributed by atoms with Crippen LogP contribution in [0.4, 0.5) is 5.13 Å². The lowest BCUT2D eigenvalue weighted by atomic mass is 10.3. The number of ether oxygens (including phenoxy) is 1. The van der Waals surface area contributed by atoms with Crippen molar-refractivity contribution in [3.05, 3.63) is 59.0 Å². The summed E-state index contributed by atoms with van der Waals surface area (Å²) in [5.74, 6) is -0.199. The summed E-state index contributed by atoms with van der Waals surface area (Å²) in [7, 11) is 3.30. The van der Waals surface area contributed by atoms with E-state index in [-0.39, 0.29) is 18.1 Å². The van der Waals surface area contributed by atoms with Crippen LogP contribution in [-0.4, -0.2) is 40.3 Å². The normalized spacial score (nSPS) is 11.4. The third-order valence-corrected chi connectivity index (χ3v) is 5.74. The van der Waals surface area contributed by atoms with Gasteiger partial charge in [0.1, 0.15) is 6.54 Å². The van der Waals surface area contributed by atoms with Crippen LogP contribution >= 0.6 is 11.3 Å². The molecule has 0 fully saturated rings. The van der Waals surface area contributed by atoms with Gasteiger partial charge >= 0.3 is 5.69 Å². The van der Waals surface area contributed by atoms with Gasteiger partial charge in [-0.1, -0.05) is 35.6 Å². The van der Waals surface area contributed by atoms with Crippen molar-refractivity contribution < 1.29 is 9.53 Å². The van der Waals surface area contributed by atoms with Gasteiger partial charge in [-0.2, -0.15) is 0 Å². The standard InChI is InChI=1S/C20H20N4O3S/c1-22-15-8-4-5-9-16(15)24(20(22)26)13-18(25)23(11-12-27-2)19-21-14-7-3-6-10-17(14)28-19/h3-10H,11-13H2,1-2H3. The number of carbonyl (C=O) groups is 1. The fraction of sp³-hybridized carbons (Fsp3) is 0.250. The molecule has 0 N–H and O–H groups in total. The fourth-order valence-corrected chi connectivity index (χ4v) is 4.23. The smallest absolute Gasteiger partial charge is 0.329 e. The number of carbonyl (C=O) groups excluding carboxylic acids is 1. The van der Waals surface area contributed by atoms with Crippen molar-refractivity contribution in [1.82, 2.24) is 14.1 Å². The Morgan fingerprint density at radius 3 is 2.61 bits per heavy atom. The first-order chi connectivity index (χ1) is 13.6. The summed E-state index contributed by atoms with van der Waals surface area (Å²) >= 11 is 1.45. The second-order valence-corrected chi connectivity index (χ2v) is 7.43. The number of nitrogens with zero attached hydrogens (tertiary/aromatic N) is 4. The second-order valence-electron chi connectivity index (χ2n) is 6.42. The zero-order valence-electron chi connectivity index (χ0n) is 15.7. The van der Waals surface area contributed by atoms with E-state index < -0.39 is 0 Å². The molecule has 0 atom stereocenters. The number of methoxy groups -OCH3 is 1. The average Bonchev–Trinajstić information content (AvgIpc) is 3.24. The molecule has 1 amide bonds. The molecule has 4 aromatic rings. The van der Waals surface area contributed by atoms with Crippen LogP contribution in [0.25, 0.3) is 21.3 Å². The lowest BCUT2D eigenvalue weighted by molar-refractivity contribution is -0.119. The first kappa shape index (κ1) is 18.4. The monoisotopic (exact) mass is 396 g/mol. The minimum Gasteiger partial charge on any atom is -0.383 e. The first-order valence-electron chi connectivity index (χ1n) is 8.89. The van der Waals surface area contributed by atoms with E-state index in [0.717, 1.165) is 21.3 Å². The minimum atomic E-state index is -0.217. The van der Waals surface area contributed by atoms with Gasteiger partial charge in [-0.05, 0) is 24.3 Å². The van der Waals surface area contributed by atoms with Crippen molar-refractivity contribution in [2.75, 3.05) is 25.2 Å². The third kappa shape index (κ3) is 3.21. The van der Waals surface area contributed by atoms with E-state index in [1.54, 1.807) is 23.6 Å². The zero-order chi connectivity index (χ0) is 19.7. The maximum atomic E-state index is 13.2. The number of aryl methyl sites for hydroxylation is 1. The van der Waals surface area contributed by atoms with E-state index in [1.807, 2.05) is 48.5 Å². The van der Waals surface area contributed by atoms with Gasteiger partial charge in [-0.25, -0.2) is 9.78 Å². The highest BCUT2D eigenvalue weighted by Gasteiger charge is 2.22. The predicted octanol–water partition coefficient (Wildman–Crippen LogP) is 2.63. The quantitative estimate of drug-likeness (QED) is 0.502. The van der Waals surface area contributed by atoms with E-state index in [2.05, 4.69) is 4.98 Å². The molecule has 7 nitrogen and oxygen atoms in total. The molecule has 2 aromatic carbocycles. The van der Waals surface area contributed by atoms with Crippen molar-refractivity contribution in [3.63, 3.8) is 0 Å². The van der Waals surface area contributed by atoms with E-state index in [9.17, 15) is 9.59 Å². The van der Waals surface area contributed by atoms with Crippen molar-refractivity contribution in [2.24, 2.45) is 7.05 Å². The number of imidazole rings is 1. The molecule has 8 heteroatoms. The highest BCUT2D eigenvalue weighted by Crippen LogP contribution is 2.28. The summed E-state index contributed by atoms with van der Waals surface area (Å²) in [6, 6.07) is 15.2. The maximum Gasteiger partial charge on any atom is 0.329 e. The number of benzene rings is 2. The topological polar surface area (TPSA) is 69.4 Å². The van der Waals surface area contributed by atoms with Crippen LogP contribution in [0.3, 0.4) is 0 Å². The zero-order valence-corrected chi connectivity index (χ0v) is 16.5. The van der Waals surface area contributed by atoms with Gasteiger partial charge in [0.05, 0.1) is 34.4 Å². The molecule has 0 radical (unpaired) electrons. The molecule has 0 aliphatic heterocycles. The lowest BCUT2D eigenvalue weighted by Gasteiger charge is -2.19. The van der Waals surface area contributed by atoms with Crippen LogP contribution in [-0.2, 0) is 23.1 Å². The molecule has 0 aliphatic rings. The van der Waals surface area contributed by atoms with Crippen LogP contribution < -0.4 is 10.6 Å². The van der Waals surface area contributed by atoms with Gasteiger partial charge in [0, 0.05) is 14.2 Å². The molecule has 4 rings (SSSR count). The van der Waals surface area contributed by atoms with Crippen molar-refractivity contribution in [3.8, 4) is 0 Å². The summed E-state index contributed by atoms with van der Waals surface area (Å²) in [6.07, 6.45) is 0. The number of fused-ring (bicyclic) bond motifs is 2. The second kappa shape index (κ2) is 7.57. The molecule has 0 saturated heterocycles. The Kier molecular flexibility index (Phi) is 4.97. The Bertz CT molecular complexity index is 1170. The Balaban J connectivity index is 1.70. The molecule has 2 heterocycles. The largest absolute Gasteiger partial charge is 0.383 e. The molecule has 28 heavy (non-hydrogen) atoms. The van der Waals surface area contributed by atoms with Crippen LogP contribution in [0, 0.1) is 0 Å². The van der Waals surface area contributed by atoms with Crippen LogP contribution in [0.15, 0.2) is 53.3 Å². The summed E-state index contributed by atoms with van der Waals surface area (Å²) in [5, 5.41) is 0.608. The number of anilines is 1. The minimum absolute atomic E-state index is 0.0557. The summed E-state index contributed by atoms with van der Waals surface area (Å²) in [5.41, 5.74) is 2.16. The maximum absolute atomic E-state index is 13.2. The van der Waals surface area contributed by atoms with Crippen molar-refractivity contribution >= 4 is 43.6 Å². The molecule has 0 aliphatic carbocycles. The number of hydrogen-bond acceptors (Lipinski definition) is 5. The Hall–Kier alpha value is -2.97. The SMILES string of the molecule is COCCN(C(=O)Cn1c(=O)n(C)c2ccccc21)c1nc2ccccc2s1. The van der Waals surface area contributed by atoms with Gasteiger partial charge in [0.2, 0.25) is 5.91 Å². The summed E-state index contributed by atoms with van der Waals surface area (Å²) in [4.78, 5) is 32.0. The molecular formula is C20H20N4O3S. The molecule has 0 spiro atoms. The number of amides is 1. The van der Waals surface area contributed by atoms with Gasteiger partial charge in [0.25, 0.3) is 0 Å². The van der Waals surface area contributed by atoms with Crippen molar-refractivity contribution in [1.29, 1.82) is 0 Å². The number of thiazole rings is 1. The summed E-state index contributed by atoms with van der Waals surface area (Å²) in [6.45, 7) is 0.695. The molecular weight excluding hydrogens is 376 g/mol. The Morgan fingerprint density at radius 2 is 1.86 bits per heavy atom. The highest BCUT2D eigenvalue weighted by atomic mass is 32.1. The average molecular weight is 396 g/mol. The van der Waals surface area contributed by atoms with Crippen molar-refractivity contribution in [2.45, 2.75) is 6.54 Å². The number of rotatable bonds is 6. The molecule has 2 aromatic heterocycles. The van der Waals surface area contributed by atoms with E-state index in [4.69, 9.17) is 4.74 Å². The van der Waals surface area contributed by atoms with Gasteiger partial charge < -0.3 is 4.74 Å². The fourth-order valence-electron chi connectivity index (χ4n) is 3.22. The Morgan fingerprint density at radius 1 is 1.14 bits per heavy atom. The molecule has 0 unspecified atom stereocenters. The molecule has 0 bridgehead atoms. The Labute approximate surface area is 165 Å². The van der Waals surface area contributed by atoms with Gasteiger partial charge in [-0.3, -0.25) is 18.8 Å². The first-order valence-corrected chi connectivity index (χ1v) is 9.71. The molecule has 144 valence electrons. The lowest BCUT2D eigenvalue weighted by Crippen LogP contribution is -2.38. The highest BCUT2D eigenvalue weighted by molar-refractivity contribution is 7.22. The van der Waals surface area contributed by atoms with Gasteiger partial charge in [0.15, 0.2) is 5.13 Å². The van der Waals surface area contributed by atoms with E-state index in [0.29, 0.717) is 18.3 Å². The third-order valence-electron chi connectivity index (χ3n) is 4.68. The predicted molar refractivity (Wildman–Crippen MR) is 111 cm³/mol. The molecule has 0 saturated carbocycles. The van der Waals surface area contributed by atoms with Crippen LogP contribution in [0.1, 0.15) is 0 Å². The van der Waals surface area contributed by atoms with E-state index >= 15 is 0 Å². The summed E-state index contributed by atoms with van der Waals surface area (Å²) < 4.78 is 9.25. The van der Waals surface area contributed by atoms with Crippen LogP contribution in [0.2, 0.25) is 0 Å². The van der Waals surface area contributed by atoms with Crippen LogP contribution in [0.5, 0.6) is 0 Å². The number of aromatic nitrogens is 3. The van der Waals surface area contributed by atoms with E-state index in [1.165, 1.54) is 15.9 Å². The number of hydrogen-bond donors (Lipinski definition) is 0. The number of para-hydroxylation sites is 3. The van der Waals surface area contributed by atoms with Gasteiger partial charge in [-0.15, -0.1) is 0 Å².